The first-order valence-corrected chi connectivity index (χ1v) is 8.28. The minimum absolute atomic E-state index is 0.180. The largest absolute Gasteiger partial charge is 0.464 e. The highest BCUT2D eigenvalue weighted by Crippen LogP contribution is 2.21. The Labute approximate surface area is 133 Å². The molecule has 0 aromatic carbocycles. The molecular formula is C16H22N2O3S. The second-order valence-corrected chi connectivity index (χ2v) is 7.17. The minimum atomic E-state index is -0.670. The quantitative estimate of drug-likeness (QED) is 0.793. The molecule has 0 fully saturated rings. The third kappa shape index (κ3) is 3.38. The van der Waals surface area contributed by atoms with Crippen LogP contribution < -0.4 is 5.56 Å². The van der Waals surface area contributed by atoms with E-state index in [9.17, 15) is 9.59 Å². The van der Waals surface area contributed by atoms with E-state index in [-0.39, 0.29) is 11.5 Å². The van der Waals surface area contributed by atoms with Crippen molar-refractivity contribution in [1.82, 2.24) is 9.55 Å². The van der Waals surface area contributed by atoms with Crippen molar-refractivity contribution in [3.05, 3.63) is 27.1 Å². The molecule has 2 aromatic rings. The summed E-state index contributed by atoms with van der Waals surface area (Å²) in [5.41, 5.74) is -0.180. The highest BCUT2D eigenvalue weighted by molar-refractivity contribution is 7.18. The number of aromatic nitrogens is 2. The van der Waals surface area contributed by atoms with Crippen LogP contribution in [0.5, 0.6) is 0 Å². The van der Waals surface area contributed by atoms with Crippen molar-refractivity contribution in [2.45, 2.75) is 47.1 Å². The minimum Gasteiger partial charge on any atom is -0.464 e. The van der Waals surface area contributed by atoms with Crippen LogP contribution in [0.2, 0.25) is 0 Å². The van der Waals surface area contributed by atoms with Gasteiger partial charge in [-0.15, -0.1) is 11.3 Å². The van der Waals surface area contributed by atoms with Gasteiger partial charge in [-0.25, -0.2) is 9.78 Å². The first-order chi connectivity index (χ1) is 10.3. The summed E-state index contributed by atoms with van der Waals surface area (Å²) in [6.45, 7) is 9.88. The molecule has 0 spiro atoms. The molecule has 0 radical (unpaired) electrons. The van der Waals surface area contributed by atoms with Gasteiger partial charge < -0.3 is 4.74 Å². The maximum absolute atomic E-state index is 12.6. The van der Waals surface area contributed by atoms with Gasteiger partial charge in [0.15, 0.2) is 0 Å². The molecule has 0 N–H and O–H groups in total. The van der Waals surface area contributed by atoms with E-state index < -0.39 is 6.04 Å². The third-order valence-electron chi connectivity index (χ3n) is 3.56. The molecule has 2 aromatic heterocycles. The number of esters is 1. The van der Waals surface area contributed by atoms with Gasteiger partial charge in [0.1, 0.15) is 16.7 Å². The van der Waals surface area contributed by atoms with Crippen molar-refractivity contribution in [3.63, 3.8) is 0 Å². The Bertz CT molecular complexity index is 746. The van der Waals surface area contributed by atoms with E-state index in [1.165, 1.54) is 15.9 Å². The van der Waals surface area contributed by atoms with Crippen LogP contribution in [0.4, 0.5) is 0 Å². The lowest BCUT2D eigenvalue weighted by Gasteiger charge is -2.17. The van der Waals surface area contributed by atoms with Gasteiger partial charge in [0, 0.05) is 4.88 Å². The van der Waals surface area contributed by atoms with Crippen molar-refractivity contribution >= 4 is 27.5 Å². The summed E-state index contributed by atoms with van der Waals surface area (Å²) in [5.74, 6) is 0.617. The van der Waals surface area contributed by atoms with Gasteiger partial charge in [0.25, 0.3) is 5.56 Å². The number of carbonyl (C=O) groups excluding carboxylic acids is 1. The molecule has 1 atom stereocenters. The second-order valence-electron chi connectivity index (χ2n) is 5.94. The van der Waals surface area contributed by atoms with Crippen LogP contribution in [0.1, 0.15) is 43.9 Å². The van der Waals surface area contributed by atoms with E-state index in [4.69, 9.17) is 4.74 Å². The summed E-state index contributed by atoms with van der Waals surface area (Å²) >= 11 is 1.49. The average molecular weight is 322 g/mol. The number of aryl methyl sites for hydroxylation is 2. The molecule has 120 valence electrons. The predicted octanol–water partition coefficient (Wildman–Crippen LogP) is 3.23. The normalized spacial score (nSPS) is 12.8. The Kier molecular flexibility index (Phi) is 5.01. The Balaban J connectivity index is 2.29. The van der Waals surface area contributed by atoms with E-state index in [0.717, 1.165) is 16.1 Å². The average Bonchev–Trinajstić information content (AvgIpc) is 2.78. The Hall–Kier alpha value is -1.69. The van der Waals surface area contributed by atoms with Crippen molar-refractivity contribution in [3.8, 4) is 0 Å². The van der Waals surface area contributed by atoms with E-state index in [0.29, 0.717) is 23.7 Å². The number of hydrogen-bond acceptors (Lipinski definition) is 5. The van der Waals surface area contributed by atoms with Crippen molar-refractivity contribution in [1.29, 1.82) is 0 Å². The summed E-state index contributed by atoms with van der Waals surface area (Å²) in [4.78, 5) is 31.0. The zero-order valence-corrected chi connectivity index (χ0v) is 14.5. The molecule has 0 amide bonds. The fraction of sp³-hybridized carbons (Fsp3) is 0.562. The van der Waals surface area contributed by atoms with E-state index in [2.05, 4.69) is 18.8 Å². The van der Waals surface area contributed by atoms with Gasteiger partial charge in [0.2, 0.25) is 0 Å². The molecule has 5 nitrogen and oxygen atoms in total. The number of rotatable bonds is 5. The standard InChI is InChI=1S/C16H22N2O3S/c1-9(2)6-7-21-16(20)11(4)18-12(5)17-14-13(15(18)19)8-10(3)22-14/h8-9,11H,6-7H2,1-5H3. The van der Waals surface area contributed by atoms with Gasteiger partial charge in [-0.3, -0.25) is 9.36 Å². The van der Waals surface area contributed by atoms with Crippen LogP contribution >= 0.6 is 11.3 Å². The molecule has 0 aliphatic carbocycles. The fourth-order valence-electron chi connectivity index (χ4n) is 2.29. The van der Waals surface area contributed by atoms with Crippen LogP contribution in [-0.2, 0) is 9.53 Å². The molecule has 0 saturated heterocycles. The summed E-state index contributed by atoms with van der Waals surface area (Å²) in [6, 6.07) is 1.15. The highest BCUT2D eigenvalue weighted by Gasteiger charge is 2.22. The van der Waals surface area contributed by atoms with Crippen molar-refractivity contribution in [2.24, 2.45) is 5.92 Å². The number of ether oxygens (including phenoxy) is 1. The van der Waals surface area contributed by atoms with Gasteiger partial charge in [0.05, 0.1) is 12.0 Å². The Morgan fingerprint density at radius 2 is 2.05 bits per heavy atom. The summed E-state index contributed by atoms with van der Waals surface area (Å²) < 4.78 is 6.70. The molecule has 1 unspecified atom stereocenters. The Morgan fingerprint density at radius 1 is 1.36 bits per heavy atom. The summed E-state index contributed by atoms with van der Waals surface area (Å²) in [5, 5.41) is 0.565. The Morgan fingerprint density at radius 3 is 2.68 bits per heavy atom. The molecule has 2 rings (SSSR count). The van der Waals surface area contributed by atoms with Crippen LogP contribution in [-0.4, -0.2) is 22.1 Å². The van der Waals surface area contributed by atoms with Gasteiger partial charge in [-0.1, -0.05) is 13.8 Å². The monoisotopic (exact) mass is 322 g/mol. The van der Waals surface area contributed by atoms with Crippen LogP contribution in [0.25, 0.3) is 10.2 Å². The topological polar surface area (TPSA) is 61.2 Å². The second kappa shape index (κ2) is 6.60. The molecule has 0 bridgehead atoms. The fourth-order valence-corrected chi connectivity index (χ4v) is 3.21. The number of nitrogens with zero attached hydrogens (tertiary/aromatic N) is 2. The maximum Gasteiger partial charge on any atom is 0.329 e. The van der Waals surface area contributed by atoms with E-state index in [1.807, 2.05) is 13.0 Å². The maximum atomic E-state index is 12.6. The SMILES string of the molecule is Cc1cc2c(=O)n(C(C)C(=O)OCCC(C)C)c(C)nc2s1. The van der Waals surface area contributed by atoms with Crippen LogP contribution in [0.3, 0.4) is 0 Å². The van der Waals surface area contributed by atoms with Gasteiger partial charge >= 0.3 is 5.97 Å². The van der Waals surface area contributed by atoms with Crippen molar-refractivity contribution < 1.29 is 9.53 Å². The molecule has 22 heavy (non-hydrogen) atoms. The molecule has 0 aliphatic rings. The lowest BCUT2D eigenvalue weighted by molar-refractivity contribution is -0.147. The number of hydrogen-bond donors (Lipinski definition) is 0. The van der Waals surface area contributed by atoms with Gasteiger partial charge in [-0.2, -0.15) is 0 Å². The highest BCUT2D eigenvalue weighted by atomic mass is 32.1. The van der Waals surface area contributed by atoms with Gasteiger partial charge in [-0.05, 0) is 39.2 Å². The van der Waals surface area contributed by atoms with Crippen LogP contribution in [0.15, 0.2) is 10.9 Å². The van der Waals surface area contributed by atoms with E-state index in [1.54, 1.807) is 13.8 Å². The van der Waals surface area contributed by atoms with E-state index >= 15 is 0 Å². The first-order valence-electron chi connectivity index (χ1n) is 7.47. The predicted molar refractivity (Wildman–Crippen MR) is 88.5 cm³/mol. The number of fused-ring (bicyclic) bond motifs is 1. The van der Waals surface area contributed by atoms with Crippen molar-refractivity contribution in [2.75, 3.05) is 6.61 Å². The zero-order valence-electron chi connectivity index (χ0n) is 13.7. The molecule has 6 heteroatoms. The number of carbonyl (C=O) groups is 1. The smallest absolute Gasteiger partial charge is 0.329 e. The first kappa shape index (κ1) is 16.7. The molecule has 2 heterocycles. The zero-order chi connectivity index (χ0) is 16.4. The molecule has 0 aliphatic heterocycles. The van der Waals surface area contributed by atoms with Crippen LogP contribution in [0, 0.1) is 19.8 Å². The lowest BCUT2D eigenvalue weighted by Crippen LogP contribution is -2.31. The molecule has 0 saturated carbocycles. The third-order valence-corrected chi connectivity index (χ3v) is 4.51. The summed E-state index contributed by atoms with van der Waals surface area (Å²) in [6.07, 6.45) is 0.813. The lowest BCUT2D eigenvalue weighted by atomic mass is 10.1. The summed E-state index contributed by atoms with van der Waals surface area (Å²) in [7, 11) is 0. The molecular weight excluding hydrogens is 300 g/mol. The number of thiophene rings is 1.